The molecular formula is C61H68N8O7. The first-order chi connectivity index (χ1) is 37.1. The summed E-state index contributed by atoms with van der Waals surface area (Å²) in [5.74, 6) is -2.79. The van der Waals surface area contributed by atoms with Crippen molar-refractivity contribution >= 4 is 46.2 Å². The van der Waals surface area contributed by atoms with Gasteiger partial charge in [0.25, 0.3) is 0 Å². The number of amides is 5. The quantitative estimate of drug-likeness (QED) is 0.0938. The number of carbonyl (C=O) groups is 6. The zero-order valence-electron chi connectivity index (χ0n) is 42.9. The molecule has 6 atom stereocenters. The van der Waals surface area contributed by atoms with Gasteiger partial charge >= 0.3 is 0 Å². The first-order valence-electron chi connectivity index (χ1n) is 27.0. The number of aromatic nitrogens is 1. The van der Waals surface area contributed by atoms with E-state index in [1.165, 1.54) is 0 Å². The minimum Gasteiger partial charge on any atom is -0.489 e. The van der Waals surface area contributed by atoms with E-state index in [4.69, 9.17) is 4.74 Å². The summed E-state index contributed by atoms with van der Waals surface area (Å²) in [7, 11) is 0. The molecule has 0 unspecified atom stereocenters. The molecule has 394 valence electrons. The SMILES string of the molecule is O=C1N[C@@H](Cc2ccc(OCc3ccccc3)cc2)C(=O)N2Cc3ccccc3C[C@H]2C(=O)N2CCNC[C@H]2C(=O)N[C@@H](CCc2ccccc2)C(=O)N[C@H](Cc2c[nH]c3ccccc23)C(=O)C[C@H]1CC1CCNCC1. The monoisotopic (exact) mass is 1020 g/mol. The number of ketones is 1. The average Bonchev–Trinajstić information content (AvgIpc) is 3.89. The summed E-state index contributed by atoms with van der Waals surface area (Å²) in [4.78, 5) is 97.9. The number of para-hydroxylation sites is 1. The number of carbonyl (C=O) groups excluding carboxylic acids is 6. The van der Waals surface area contributed by atoms with E-state index in [0.717, 1.165) is 70.2 Å². The first-order valence-corrected chi connectivity index (χ1v) is 27.0. The van der Waals surface area contributed by atoms with Gasteiger partial charge < -0.3 is 46.1 Å². The van der Waals surface area contributed by atoms with Gasteiger partial charge in [0.15, 0.2) is 5.78 Å². The summed E-state index contributed by atoms with van der Waals surface area (Å²) in [5, 5.41) is 16.9. The third-order valence-electron chi connectivity index (χ3n) is 15.8. The number of piperazine rings is 1. The Morgan fingerprint density at radius 3 is 2.01 bits per heavy atom. The molecule has 5 aromatic carbocycles. The highest BCUT2D eigenvalue weighted by molar-refractivity contribution is 5.99. The lowest BCUT2D eigenvalue weighted by Crippen LogP contribution is -2.66. The number of fused-ring (bicyclic) bond motifs is 4. The molecule has 3 fully saturated rings. The van der Waals surface area contributed by atoms with Crippen LogP contribution in [0, 0.1) is 11.8 Å². The highest BCUT2D eigenvalue weighted by atomic mass is 16.5. The summed E-state index contributed by atoms with van der Waals surface area (Å²) < 4.78 is 6.11. The minimum atomic E-state index is -1.15. The Balaban J connectivity index is 1.03. The molecule has 4 aliphatic heterocycles. The number of nitrogens with zero attached hydrogens (tertiary/aromatic N) is 2. The minimum absolute atomic E-state index is 0.0822. The van der Waals surface area contributed by atoms with Crippen molar-refractivity contribution in [3.8, 4) is 5.75 Å². The summed E-state index contributed by atoms with van der Waals surface area (Å²) >= 11 is 0. The molecule has 4 aliphatic rings. The molecule has 1 aromatic heterocycles. The number of rotatable bonds is 12. The van der Waals surface area contributed by atoms with Crippen LogP contribution >= 0.6 is 0 Å². The van der Waals surface area contributed by atoms with Crippen LogP contribution in [-0.4, -0.2) is 113 Å². The molecule has 15 nitrogen and oxygen atoms in total. The molecule has 3 saturated heterocycles. The van der Waals surface area contributed by atoms with E-state index in [2.05, 4.69) is 31.6 Å². The van der Waals surface area contributed by atoms with E-state index < -0.39 is 65.7 Å². The average molecular weight is 1030 g/mol. The van der Waals surface area contributed by atoms with Crippen LogP contribution in [0.3, 0.4) is 0 Å². The van der Waals surface area contributed by atoms with Gasteiger partial charge in [-0.2, -0.15) is 0 Å². The molecule has 6 aromatic rings. The van der Waals surface area contributed by atoms with E-state index in [1.54, 1.807) is 9.80 Å². The second-order valence-electron chi connectivity index (χ2n) is 20.9. The topological polar surface area (TPSA) is 194 Å². The molecule has 5 heterocycles. The van der Waals surface area contributed by atoms with Gasteiger partial charge in [0.2, 0.25) is 29.5 Å². The number of hydrogen-bond donors (Lipinski definition) is 6. The maximum Gasteiger partial charge on any atom is 0.246 e. The van der Waals surface area contributed by atoms with Crippen LogP contribution in [0.15, 0.2) is 140 Å². The highest BCUT2D eigenvalue weighted by Gasteiger charge is 2.44. The zero-order valence-corrected chi connectivity index (χ0v) is 42.9. The van der Waals surface area contributed by atoms with Crippen LogP contribution in [0.4, 0.5) is 0 Å². The molecule has 5 amide bonds. The van der Waals surface area contributed by atoms with Crippen LogP contribution in [0.25, 0.3) is 10.9 Å². The van der Waals surface area contributed by atoms with E-state index in [0.29, 0.717) is 31.7 Å². The number of aryl methyl sites for hydroxylation is 1. The maximum atomic E-state index is 15.7. The van der Waals surface area contributed by atoms with Gasteiger partial charge in [-0.25, -0.2) is 0 Å². The van der Waals surface area contributed by atoms with Crippen molar-refractivity contribution in [1.82, 2.24) is 41.4 Å². The molecular weight excluding hydrogens is 957 g/mol. The summed E-state index contributed by atoms with van der Waals surface area (Å²) in [6, 6.07) is 37.1. The van der Waals surface area contributed by atoms with Crippen molar-refractivity contribution < 1.29 is 33.5 Å². The summed E-state index contributed by atoms with van der Waals surface area (Å²) in [6.07, 6.45) is 4.68. The molecule has 0 radical (unpaired) electrons. The largest absolute Gasteiger partial charge is 0.489 e. The molecule has 10 rings (SSSR count). The van der Waals surface area contributed by atoms with Crippen molar-refractivity contribution in [3.63, 3.8) is 0 Å². The lowest BCUT2D eigenvalue weighted by atomic mass is 9.83. The smallest absolute Gasteiger partial charge is 0.246 e. The van der Waals surface area contributed by atoms with Gasteiger partial charge in [-0.05, 0) is 103 Å². The van der Waals surface area contributed by atoms with Crippen LogP contribution in [0.2, 0.25) is 0 Å². The standard InChI is InChI=1S/C61H68N8O7/c70-56-35-46(31-42-25-27-62-28-26-42)57(71)67-53(32-41-19-22-48(23-20-41)76-39-43-13-5-2-6-14-43)60(74)69-38-45-16-8-7-15-44(45)34-54(69)61(75)68-30-29-63-37-55(68)59(73)65-51(24-21-40-11-3-1-4-12-40)58(72)66-52(56)33-47-36-64-50-18-10-9-17-49(47)50/h1-20,22-23,36,42,46,51-55,62-64H,21,24-35,37-39H2,(H,65,73)(H,66,72)(H,67,71)/t46-,51+,52-,53+,54+,55+/m1/s1. The molecule has 6 N–H and O–H groups in total. The van der Waals surface area contributed by atoms with Gasteiger partial charge in [0, 0.05) is 74.9 Å². The highest BCUT2D eigenvalue weighted by Crippen LogP contribution is 2.30. The molecule has 0 aliphatic carbocycles. The fourth-order valence-electron chi connectivity index (χ4n) is 11.5. The number of ether oxygens (including phenoxy) is 1. The number of aromatic amines is 1. The number of hydrogen-bond acceptors (Lipinski definition) is 9. The Labute approximate surface area is 443 Å². The first kappa shape index (κ1) is 51.8. The number of piperidine rings is 1. The predicted molar refractivity (Wildman–Crippen MR) is 290 cm³/mol. The second-order valence-corrected chi connectivity index (χ2v) is 20.9. The van der Waals surface area contributed by atoms with Crippen molar-refractivity contribution in [3.05, 3.63) is 173 Å². The number of benzene rings is 5. The van der Waals surface area contributed by atoms with Gasteiger partial charge in [0.1, 0.15) is 36.5 Å². The van der Waals surface area contributed by atoms with Crippen LogP contribution in [0.1, 0.15) is 65.5 Å². The van der Waals surface area contributed by atoms with E-state index >= 15 is 19.2 Å². The van der Waals surface area contributed by atoms with Crippen molar-refractivity contribution in [2.24, 2.45) is 11.8 Å². The number of nitrogens with one attached hydrogen (secondary N) is 6. The predicted octanol–water partition coefficient (Wildman–Crippen LogP) is 5.35. The Morgan fingerprint density at radius 2 is 1.24 bits per heavy atom. The fourth-order valence-corrected chi connectivity index (χ4v) is 11.5. The van der Waals surface area contributed by atoms with E-state index in [1.807, 2.05) is 140 Å². The Bertz CT molecular complexity index is 3000. The zero-order chi connectivity index (χ0) is 52.4. The molecule has 0 saturated carbocycles. The normalized spacial score (nSPS) is 23.3. The maximum absolute atomic E-state index is 15.7. The number of Topliss-reactive ketones (excluding diaryl/α,β-unsaturated/α-hetero) is 1. The van der Waals surface area contributed by atoms with Crippen molar-refractivity contribution in [1.29, 1.82) is 0 Å². The molecule has 0 spiro atoms. The van der Waals surface area contributed by atoms with Gasteiger partial charge in [0.05, 0.1) is 6.04 Å². The Kier molecular flexibility index (Phi) is 16.6. The van der Waals surface area contributed by atoms with Crippen LogP contribution in [-0.2, 0) is 67.6 Å². The van der Waals surface area contributed by atoms with E-state index in [-0.39, 0.29) is 63.4 Å². The second kappa shape index (κ2) is 24.4. The molecule has 76 heavy (non-hydrogen) atoms. The van der Waals surface area contributed by atoms with Crippen LogP contribution in [0.5, 0.6) is 5.75 Å². The Hall–Kier alpha value is -7.62. The lowest BCUT2D eigenvalue weighted by molar-refractivity contribution is -0.153. The Morgan fingerprint density at radius 1 is 0.553 bits per heavy atom. The fraction of sp³-hybridized carbons (Fsp3) is 0.377. The summed E-state index contributed by atoms with van der Waals surface area (Å²) in [5.41, 5.74) is 6.20. The van der Waals surface area contributed by atoms with Crippen LogP contribution < -0.4 is 31.3 Å². The lowest BCUT2D eigenvalue weighted by Gasteiger charge is -2.43. The van der Waals surface area contributed by atoms with Gasteiger partial charge in [-0.1, -0.05) is 115 Å². The van der Waals surface area contributed by atoms with Gasteiger partial charge in [-0.15, -0.1) is 0 Å². The van der Waals surface area contributed by atoms with Crippen molar-refractivity contribution in [2.75, 3.05) is 32.7 Å². The van der Waals surface area contributed by atoms with Crippen molar-refractivity contribution in [2.45, 2.75) is 101 Å². The van der Waals surface area contributed by atoms with E-state index in [9.17, 15) is 9.59 Å². The summed E-state index contributed by atoms with van der Waals surface area (Å²) in [6.45, 7) is 2.72. The molecule has 0 bridgehead atoms. The third kappa shape index (κ3) is 12.5. The van der Waals surface area contributed by atoms with Gasteiger partial charge in [-0.3, -0.25) is 28.8 Å². The molecule has 15 heteroatoms. The number of H-pyrrole nitrogens is 1. The third-order valence-corrected chi connectivity index (χ3v) is 15.8.